The molecule has 2 aromatic rings. The zero-order valence-electron chi connectivity index (χ0n) is 14.4. The number of fused-ring (bicyclic) bond motifs is 1. The Hall–Kier alpha value is -2.82. The normalized spacial score (nSPS) is 12.4. The zero-order valence-corrected chi connectivity index (χ0v) is 14.4. The number of rotatable bonds is 5. The second-order valence-corrected chi connectivity index (χ2v) is 6.25. The van der Waals surface area contributed by atoms with Crippen molar-refractivity contribution in [1.82, 2.24) is 10.6 Å². The van der Waals surface area contributed by atoms with Crippen molar-refractivity contribution >= 4 is 17.6 Å². The van der Waals surface area contributed by atoms with Gasteiger partial charge in [0.15, 0.2) is 0 Å². The molecule has 2 aromatic carbocycles. The predicted octanol–water partition coefficient (Wildman–Crippen LogP) is 2.90. The SMILES string of the molecule is CNC(=O)c1cccc(CCNC(=O)Nc2ccc3c(c2)CCC3)c1. The quantitative estimate of drug-likeness (QED) is 0.785. The van der Waals surface area contributed by atoms with Crippen LogP contribution in [0.3, 0.4) is 0 Å². The van der Waals surface area contributed by atoms with E-state index < -0.39 is 0 Å². The molecule has 1 aliphatic rings. The van der Waals surface area contributed by atoms with Crippen molar-refractivity contribution in [2.75, 3.05) is 18.9 Å². The number of nitrogens with one attached hydrogen (secondary N) is 3. The van der Waals surface area contributed by atoms with Gasteiger partial charge < -0.3 is 16.0 Å². The summed E-state index contributed by atoms with van der Waals surface area (Å²) >= 11 is 0. The highest BCUT2D eigenvalue weighted by Crippen LogP contribution is 2.24. The topological polar surface area (TPSA) is 70.2 Å². The van der Waals surface area contributed by atoms with E-state index in [9.17, 15) is 9.59 Å². The molecule has 0 heterocycles. The van der Waals surface area contributed by atoms with Crippen LogP contribution in [0, 0.1) is 0 Å². The van der Waals surface area contributed by atoms with E-state index in [1.165, 1.54) is 17.5 Å². The lowest BCUT2D eigenvalue weighted by Crippen LogP contribution is -2.30. The standard InChI is InChI=1S/C20H23N3O2/c1-21-19(24)17-7-2-4-14(12-17)10-11-22-20(25)23-18-9-8-15-5-3-6-16(15)13-18/h2,4,7-9,12-13H,3,5-6,10-11H2,1H3,(H,21,24)(H2,22,23,25). The van der Waals surface area contributed by atoms with Crippen LogP contribution in [0.2, 0.25) is 0 Å². The van der Waals surface area contributed by atoms with Crippen LogP contribution in [-0.4, -0.2) is 25.5 Å². The molecule has 25 heavy (non-hydrogen) atoms. The van der Waals surface area contributed by atoms with Crippen LogP contribution in [0.1, 0.15) is 33.5 Å². The lowest BCUT2D eigenvalue weighted by Gasteiger charge is -2.10. The van der Waals surface area contributed by atoms with Crippen molar-refractivity contribution in [1.29, 1.82) is 0 Å². The highest BCUT2D eigenvalue weighted by atomic mass is 16.2. The Morgan fingerprint density at radius 3 is 2.72 bits per heavy atom. The minimum atomic E-state index is -0.208. The van der Waals surface area contributed by atoms with E-state index in [2.05, 4.69) is 28.1 Å². The Kier molecular flexibility index (Phi) is 5.33. The average Bonchev–Trinajstić information content (AvgIpc) is 3.09. The molecule has 0 aromatic heterocycles. The molecule has 5 nitrogen and oxygen atoms in total. The van der Waals surface area contributed by atoms with Gasteiger partial charge in [0.2, 0.25) is 0 Å². The predicted molar refractivity (Wildman–Crippen MR) is 99.0 cm³/mol. The van der Waals surface area contributed by atoms with Crippen LogP contribution >= 0.6 is 0 Å². The van der Waals surface area contributed by atoms with Crippen LogP contribution in [0.4, 0.5) is 10.5 Å². The summed E-state index contributed by atoms with van der Waals surface area (Å²) in [6.45, 7) is 0.508. The smallest absolute Gasteiger partial charge is 0.319 e. The Labute approximate surface area is 147 Å². The molecule has 0 bridgehead atoms. The van der Waals surface area contributed by atoms with Gasteiger partial charge in [-0.05, 0) is 66.6 Å². The second-order valence-electron chi connectivity index (χ2n) is 6.25. The molecule has 0 unspecified atom stereocenters. The number of urea groups is 1. The van der Waals surface area contributed by atoms with Crippen LogP contribution in [0.5, 0.6) is 0 Å². The molecule has 3 N–H and O–H groups in total. The molecule has 0 atom stereocenters. The van der Waals surface area contributed by atoms with Crippen molar-refractivity contribution < 1.29 is 9.59 Å². The van der Waals surface area contributed by atoms with Gasteiger partial charge in [0.1, 0.15) is 0 Å². The van der Waals surface area contributed by atoms with Crippen LogP contribution in [0.15, 0.2) is 42.5 Å². The first-order valence-corrected chi connectivity index (χ1v) is 8.63. The van der Waals surface area contributed by atoms with Gasteiger partial charge in [0.05, 0.1) is 0 Å². The number of benzene rings is 2. The Morgan fingerprint density at radius 1 is 1.04 bits per heavy atom. The van der Waals surface area contributed by atoms with Gasteiger partial charge in [-0.3, -0.25) is 4.79 Å². The summed E-state index contributed by atoms with van der Waals surface area (Å²) in [7, 11) is 1.61. The fourth-order valence-corrected chi connectivity index (χ4v) is 3.16. The van der Waals surface area contributed by atoms with Crippen LogP contribution in [0.25, 0.3) is 0 Å². The van der Waals surface area contributed by atoms with E-state index in [1.807, 2.05) is 24.3 Å². The Morgan fingerprint density at radius 2 is 1.88 bits per heavy atom. The number of anilines is 1. The molecule has 0 spiro atoms. The van der Waals surface area contributed by atoms with Gasteiger partial charge in [-0.25, -0.2) is 4.79 Å². The minimum Gasteiger partial charge on any atom is -0.355 e. The van der Waals surface area contributed by atoms with Crippen molar-refractivity contribution in [2.24, 2.45) is 0 Å². The molecule has 3 rings (SSSR count). The molecule has 0 radical (unpaired) electrons. The first-order chi connectivity index (χ1) is 12.2. The third-order valence-corrected chi connectivity index (χ3v) is 4.47. The summed E-state index contributed by atoms with van der Waals surface area (Å²) in [4.78, 5) is 23.7. The summed E-state index contributed by atoms with van der Waals surface area (Å²) in [6, 6.07) is 13.3. The molecular formula is C20H23N3O2. The lowest BCUT2D eigenvalue weighted by molar-refractivity contribution is 0.0963. The molecule has 1 aliphatic carbocycles. The Bertz CT molecular complexity index is 786. The first-order valence-electron chi connectivity index (χ1n) is 8.63. The molecule has 0 aliphatic heterocycles. The summed E-state index contributed by atoms with van der Waals surface area (Å²) in [5.74, 6) is -0.107. The maximum Gasteiger partial charge on any atom is 0.319 e. The van der Waals surface area contributed by atoms with Gasteiger partial charge in [-0.15, -0.1) is 0 Å². The second kappa shape index (κ2) is 7.83. The fraction of sp³-hybridized carbons (Fsp3) is 0.300. The summed E-state index contributed by atoms with van der Waals surface area (Å²) in [6.07, 6.45) is 4.09. The number of carbonyl (C=O) groups is 2. The van der Waals surface area contributed by atoms with Crippen LogP contribution in [-0.2, 0) is 19.3 Å². The van der Waals surface area contributed by atoms with E-state index in [-0.39, 0.29) is 11.9 Å². The van der Waals surface area contributed by atoms with E-state index >= 15 is 0 Å². The first kappa shape index (κ1) is 17.0. The molecule has 0 fully saturated rings. The molecule has 3 amide bonds. The van der Waals surface area contributed by atoms with Gasteiger partial charge in [-0.1, -0.05) is 18.2 Å². The van der Waals surface area contributed by atoms with Crippen molar-refractivity contribution in [2.45, 2.75) is 25.7 Å². The molecule has 0 saturated carbocycles. The summed E-state index contributed by atoms with van der Waals surface area (Å²) in [5.41, 5.74) is 5.20. The number of amides is 3. The number of carbonyl (C=O) groups excluding carboxylic acids is 2. The third kappa shape index (κ3) is 4.38. The van der Waals surface area contributed by atoms with Gasteiger partial charge >= 0.3 is 6.03 Å². The summed E-state index contributed by atoms with van der Waals surface area (Å²) < 4.78 is 0. The molecule has 0 saturated heterocycles. The fourth-order valence-electron chi connectivity index (χ4n) is 3.16. The molecular weight excluding hydrogens is 314 g/mol. The monoisotopic (exact) mass is 337 g/mol. The van der Waals surface area contributed by atoms with Gasteiger partial charge in [-0.2, -0.15) is 0 Å². The maximum absolute atomic E-state index is 12.0. The summed E-state index contributed by atoms with van der Waals surface area (Å²) in [5, 5.41) is 8.35. The zero-order chi connectivity index (χ0) is 17.6. The third-order valence-electron chi connectivity index (χ3n) is 4.47. The average molecular weight is 337 g/mol. The minimum absolute atomic E-state index is 0.107. The highest BCUT2D eigenvalue weighted by Gasteiger charge is 2.11. The van der Waals surface area contributed by atoms with Crippen molar-refractivity contribution in [3.63, 3.8) is 0 Å². The van der Waals surface area contributed by atoms with Crippen LogP contribution < -0.4 is 16.0 Å². The van der Waals surface area contributed by atoms with E-state index in [1.54, 1.807) is 13.1 Å². The van der Waals surface area contributed by atoms with Gasteiger partial charge in [0.25, 0.3) is 5.91 Å². The van der Waals surface area contributed by atoms with E-state index in [0.29, 0.717) is 18.5 Å². The highest BCUT2D eigenvalue weighted by molar-refractivity contribution is 5.94. The number of aryl methyl sites for hydroxylation is 2. The number of hydrogen-bond acceptors (Lipinski definition) is 2. The largest absolute Gasteiger partial charge is 0.355 e. The van der Waals surface area contributed by atoms with Crippen molar-refractivity contribution in [3.05, 3.63) is 64.7 Å². The molecule has 5 heteroatoms. The Balaban J connectivity index is 1.49. The van der Waals surface area contributed by atoms with Crippen molar-refractivity contribution in [3.8, 4) is 0 Å². The lowest BCUT2D eigenvalue weighted by atomic mass is 10.1. The van der Waals surface area contributed by atoms with E-state index in [4.69, 9.17) is 0 Å². The molecule has 130 valence electrons. The van der Waals surface area contributed by atoms with E-state index in [0.717, 1.165) is 24.1 Å². The maximum atomic E-state index is 12.0. The number of hydrogen-bond donors (Lipinski definition) is 3. The van der Waals surface area contributed by atoms with Gasteiger partial charge in [0, 0.05) is 24.8 Å².